The molecule has 1 saturated heterocycles. The summed E-state index contributed by atoms with van der Waals surface area (Å²) in [5.74, 6) is 1.28. The number of aliphatic imine (C=N–C) groups is 1. The molecule has 1 aliphatic heterocycles. The van der Waals surface area contributed by atoms with E-state index in [1.54, 1.807) is 14.2 Å². The third kappa shape index (κ3) is 2.30. The van der Waals surface area contributed by atoms with Crippen molar-refractivity contribution < 1.29 is 9.53 Å². The van der Waals surface area contributed by atoms with Crippen molar-refractivity contribution in [2.24, 2.45) is 4.99 Å². The Bertz CT molecular complexity index is 482. The first-order valence-electron chi connectivity index (χ1n) is 5.77. The van der Waals surface area contributed by atoms with Crippen LogP contribution in [0, 0.1) is 0 Å². The standard InChI is InChI=1S/C13H17N3O2/c1-13(11(17)15-12(14-2)16-13)8-9-4-6-10(18-3)7-5-9/h4-7H,8H2,1-3H3,(H2,14,15,16,17). The van der Waals surface area contributed by atoms with E-state index in [4.69, 9.17) is 4.74 Å². The van der Waals surface area contributed by atoms with Gasteiger partial charge in [0.25, 0.3) is 5.91 Å². The number of methoxy groups -OCH3 is 1. The number of rotatable bonds is 3. The maximum atomic E-state index is 11.9. The number of guanidine groups is 1. The van der Waals surface area contributed by atoms with E-state index >= 15 is 0 Å². The zero-order chi connectivity index (χ0) is 13.2. The monoisotopic (exact) mass is 247 g/mol. The first-order valence-corrected chi connectivity index (χ1v) is 5.77. The number of carbonyl (C=O) groups excluding carboxylic acids is 1. The van der Waals surface area contributed by atoms with Crippen molar-refractivity contribution in [2.75, 3.05) is 14.2 Å². The summed E-state index contributed by atoms with van der Waals surface area (Å²) >= 11 is 0. The van der Waals surface area contributed by atoms with Crippen LogP contribution in [0.25, 0.3) is 0 Å². The van der Waals surface area contributed by atoms with Gasteiger partial charge in [-0.25, -0.2) is 0 Å². The normalized spacial score (nSPS) is 24.8. The van der Waals surface area contributed by atoms with E-state index in [0.29, 0.717) is 12.4 Å². The molecule has 1 aliphatic rings. The van der Waals surface area contributed by atoms with Gasteiger partial charge in [0.15, 0.2) is 5.96 Å². The van der Waals surface area contributed by atoms with Gasteiger partial charge in [0.05, 0.1) is 7.11 Å². The number of carbonyl (C=O) groups is 1. The lowest BCUT2D eigenvalue weighted by atomic mass is 9.93. The summed E-state index contributed by atoms with van der Waals surface area (Å²) in [7, 11) is 3.27. The average molecular weight is 247 g/mol. The van der Waals surface area contributed by atoms with Crippen molar-refractivity contribution in [1.82, 2.24) is 10.6 Å². The molecule has 5 heteroatoms. The van der Waals surface area contributed by atoms with Crippen LogP contribution in [0.15, 0.2) is 29.3 Å². The molecule has 0 spiro atoms. The van der Waals surface area contributed by atoms with E-state index in [1.807, 2.05) is 31.2 Å². The highest BCUT2D eigenvalue weighted by molar-refractivity contribution is 6.08. The minimum absolute atomic E-state index is 0.0566. The number of hydrogen-bond acceptors (Lipinski definition) is 3. The molecule has 96 valence electrons. The van der Waals surface area contributed by atoms with E-state index in [-0.39, 0.29) is 5.91 Å². The molecule has 1 atom stereocenters. The zero-order valence-electron chi connectivity index (χ0n) is 10.8. The van der Waals surface area contributed by atoms with Crippen LogP contribution in [-0.4, -0.2) is 31.6 Å². The van der Waals surface area contributed by atoms with Gasteiger partial charge in [-0.15, -0.1) is 0 Å². The number of amides is 1. The van der Waals surface area contributed by atoms with Gasteiger partial charge in [-0.05, 0) is 24.6 Å². The highest BCUT2D eigenvalue weighted by Gasteiger charge is 2.40. The fourth-order valence-electron chi connectivity index (χ4n) is 1.98. The van der Waals surface area contributed by atoms with E-state index < -0.39 is 5.54 Å². The molecule has 0 aromatic heterocycles. The minimum atomic E-state index is -0.649. The number of nitrogens with zero attached hydrogens (tertiary/aromatic N) is 1. The molecule has 1 heterocycles. The predicted molar refractivity (Wildman–Crippen MR) is 69.7 cm³/mol. The highest BCUT2D eigenvalue weighted by Crippen LogP contribution is 2.19. The van der Waals surface area contributed by atoms with Crippen LogP contribution in [0.2, 0.25) is 0 Å². The lowest BCUT2D eigenvalue weighted by molar-refractivity contribution is -0.123. The molecule has 2 N–H and O–H groups in total. The fraction of sp³-hybridized carbons (Fsp3) is 0.385. The van der Waals surface area contributed by atoms with Crippen LogP contribution in [-0.2, 0) is 11.2 Å². The number of nitrogens with one attached hydrogen (secondary N) is 2. The van der Waals surface area contributed by atoms with Gasteiger partial charge in [0.2, 0.25) is 0 Å². The molecule has 1 fully saturated rings. The molecule has 0 bridgehead atoms. The second-order valence-electron chi connectivity index (χ2n) is 4.51. The second kappa shape index (κ2) is 4.68. The molecule has 1 aromatic carbocycles. The van der Waals surface area contributed by atoms with Crippen molar-refractivity contribution in [2.45, 2.75) is 18.9 Å². The maximum Gasteiger partial charge on any atom is 0.252 e. The van der Waals surface area contributed by atoms with Crippen LogP contribution in [0.5, 0.6) is 5.75 Å². The second-order valence-corrected chi connectivity index (χ2v) is 4.51. The summed E-state index contributed by atoms with van der Waals surface area (Å²) in [5, 5.41) is 5.81. The third-order valence-electron chi connectivity index (χ3n) is 3.07. The van der Waals surface area contributed by atoms with Crippen LogP contribution in [0.4, 0.5) is 0 Å². The Labute approximate surface area is 106 Å². The van der Waals surface area contributed by atoms with Crippen molar-refractivity contribution in [3.8, 4) is 5.75 Å². The Morgan fingerprint density at radius 2 is 2.00 bits per heavy atom. The summed E-state index contributed by atoms with van der Waals surface area (Å²) in [4.78, 5) is 15.9. The molecule has 2 rings (SSSR count). The van der Waals surface area contributed by atoms with Crippen LogP contribution >= 0.6 is 0 Å². The summed E-state index contributed by atoms with van der Waals surface area (Å²) in [6, 6.07) is 7.70. The Kier molecular flexibility index (Phi) is 3.23. The summed E-state index contributed by atoms with van der Waals surface area (Å²) < 4.78 is 5.11. The number of benzene rings is 1. The predicted octanol–water partition coefficient (Wildman–Crippen LogP) is 0.702. The first-order chi connectivity index (χ1) is 8.57. The quantitative estimate of drug-likeness (QED) is 0.826. The van der Waals surface area contributed by atoms with Gasteiger partial charge in [-0.2, -0.15) is 0 Å². The topological polar surface area (TPSA) is 62.7 Å². The first kappa shape index (κ1) is 12.4. The van der Waals surface area contributed by atoms with E-state index in [2.05, 4.69) is 15.6 Å². The average Bonchev–Trinajstić information content (AvgIpc) is 2.66. The van der Waals surface area contributed by atoms with E-state index in [0.717, 1.165) is 11.3 Å². The van der Waals surface area contributed by atoms with E-state index in [1.165, 1.54) is 0 Å². The minimum Gasteiger partial charge on any atom is -0.497 e. The molecule has 5 nitrogen and oxygen atoms in total. The molecule has 0 radical (unpaired) electrons. The molecule has 1 amide bonds. The van der Waals surface area contributed by atoms with Gasteiger partial charge in [-0.3, -0.25) is 15.1 Å². The number of ether oxygens (including phenoxy) is 1. The lowest BCUT2D eigenvalue weighted by Gasteiger charge is -2.21. The van der Waals surface area contributed by atoms with Crippen molar-refractivity contribution >= 4 is 11.9 Å². The van der Waals surface area contributed by atoms with Gasteiger partial charge in [-0.1, -0.05) is 12.1 Å². The molecular formula is C13H17N3O2. The molecule has 1 unspecified atom stereocenters. The summed E-state index contributed by atoms with van der Waals surface area (Å²) in [6.45, 7) is 1.87. The summed E-state index contributed by atoms with van der Waals surface area (Å²) in [6.07, 6.45) is 0.599. The van der Waals surface area contributed by atoms with E-state index in [9.17, 15) is 4.79 Å². The smallest absolute Gasteiger partial charge is 0.252 e. The SMILES string of the molecule is CN=C1NC(=O)C(C)(Cc2ccc(OC)cc2)N1. The maximum absolute atomic E-state index is 11.9. The Morgan fingerprint density at radius 3 is 2.50 bits per heavy atom. The molecular weight excluding hydrogens is 230 g/mol. The zero-order valence-corrected chi connectivity index (χ0v) is 10.8. The summed E-state index contributed by atoms with van der Waals surface area (Å²) in [5.41, 5.74) is 0.418. The van der Waals surface area contributed by atoms with Gasteiger partial charge in [0.1, 0.15) is 11.3 Å². The highest BCUT2D eigenvalue weighted by atomic mass is 16.5. The van der Waals surface area contributed by atoms with Gasteiger partial charge >= 0.3 is 0 Å². The Morgan fingerprint density at radius 1 is 1.33 bits per heavy atom. The fourth-order valence-corrected chi connectivity index (χ4v) is 1.98. The lowest BCUT2D eigenvalue weighted by Crippen LogP contribution is -2.45. The Balaban J connectivity index is 2.15. The van der Waals surface area contributed by atoms with Crippen LogP contribution in [0.3, 0.4) is 0 Å². The Hall–Kier alpha value is -2.04. The van der Waals surface area contributed by atoms with Crippen LogP contribution < -0.4 is 15.4 Å². The largest absolute Gasteiger partial charge is 0.497 e. The third-order valence-corrected chi connectivity index (χ3v) is 3.07. The molecule has 18 heavy (non-hydrogen) atoms. The molecule has 0 saturated carbocycles. The van der Waals surface area contributed by atoms with Crippen molar-refractivity contribution in [3.63, 3.8) is 0 Å². The van der Waals surface area contributed by atoms with Gasteiger partial charge < -0.3 is 10.1 Å². The molecule has 1 aromatic rings. The van der Waals surface area contributed by atoms with Crippen LogP contribution in [0.1, 0.15) is 12.5 Å². The molecule has 0 aliphatic carbocycles. The van der Waals surface area contributed by atoms with Crippen molar-refractivity contribution in [3.05, 3.63) is 29.8 Å². The van der Waals surface area contributed by atoms with Crippen molar-refractivity contribution in [1.29, 1.82) is 0 Å². The number of hydrogen-bond donors (Lipinski definition) is 2. The van der Waals surface area contributed by atoms with Gasteiger partial charge in [0, 0.05) is 13.5 Å².